The molecule has 114 valence electrons. The summed E-state index contributed by atoms with van der Waals surface area (Å²) in [5.74, 6) is -1.18. The van der Waals surface area contributed by atoms with Gasteiger partial charge in [-0.1, -0.05) is 0 Å². The highest BCUT2D eigenvalue weighted by Gasteiger charge is 2.38. The van der Waals surface area contributed by atoms with Gasteiger partial charge in [-0.25, -0.2) is 0 Å². The van der Waals surface area contributed by atoms with Crippen molar-refractivity contribution >= 4 is 17.9 Å². The first kappa shape index (κ1) is 16.4. The van der Waals surface area contributed by atoms with Crippen LogP contribution in [0.1, 0.15) is 33.6 Å². The van der Waals surface area contributed by atoms with Crippen LogP contribution in [0.25, 0.3) is 0 Å². The van der Waals surface area contributed by atoms with E-state index in [0.717, 1.165) is 0 Å². The van der Waals surface area contributed by atoms with Gasteiger partial charge in [0, 0.05) is 33.6 Å². The summed E-state index contributed by atoms with van der Waals surface area (Å²) >= 11 is 0. The van der Waals surface area contributed by atoms with Gasteiger partial charge in [-0.05, 0) is 0 Å². The summed E-state index contributed by atoms with van der Waals surface area (Å²) in [6.45, 7) is 4.23. The second kappa shape index (κ2) is 7.84. The standard InChI is InChI=1S/C13H20O7/c1-8(14)17-5-4-11-6-12(19-10(3)16)13(20-11)7-18-9(2)15/h11-13H,4-7H2,1-3H3/t11-,12+,13-/m1/s1. The number of hydrogen-bond donors (Lipinski definition) is 0. The number of esters is 3. The average molecular weight is 288 g/mol. The van der Waals surface area contributed by atoms with Crippen molar-refractivity contribution in [1.29, 1.82) is 0 Å². The summed E-state index contributed by atoms with van der Waals surface area (Å²) in [4.78, 5) is 32.5. The first-order valence-corrected chi connectivity index (χ1v) is 6.48. The number of ether oxygens (including phenoxy) is 4. The molecule has 0 unspecified atom stereocenters. The Labute approximate surface area is 117 Å². The van der Waals surface area contributed by atoms with Crippen LogP contribution in [-0.4, -0.2) is 49.4 Å². The summed E-state index contributed by atoms with van der Waals surface area (Å²) in [6.07, 6.45) is -0.126. The molecule has 0 bridgehead atoms. The molecule has 0 saturated carbocycles. The summed E-state index contributed by atoms with van der Waals surface area (Å²) < 4.78 is 20.5. The molecule has 1 heterocycles. The Balaban J connectivity index is 2.46. The van der Waals surface area contributed by atoms with Gasteiger partial charge in [0.1, 0.15) is 18.8 Å². The van der Waals surface area contributed by atoms with Crippen LogP contribution in [0.3, 0.4) is 0 Å². The molecule has 1 aliphatic rings. The number of carbonyl (C=O) groups is 3. The Kier molecular flexibility index (Phi) is 6.44. The normalized spacial score (nSPS) is 25.1. The van der Waals surface area contributed by atoms with Gasteiger partial charge >= 0.3 is 17.9 Å². The second-order valence-corrected chi connectivity index (χ2v) is 4.61. The fourth-order valence-electron chi connectivity index (χ4n) is 2.00. The molecule has 0 aromatic heterocycles. The Morgan fingerprint density at radius 3 is 2.25 bits per heavy atom. The summed E-state index contributed by atoms with van der Waals surface area (Å²) in [7, 11) is 0. The van der Waals surface area contributed by atoms with Crippen LogP contribution in [-0.2, 0) is 33.3 Å². The highest BCUT2D eigenvalue weighted by molar-refractivity contribution is 5.66. The van der Waals surface area contributed by atoms with Crippen LogP contribution < -0.4 is 0 Å². The maximum absolute atomic E-state index is 11.0. The molecular formula is C13H20O7. The third-order valence-corrected chi connectivity index (χ3v) is 2.79. The fraction of sp³-hybridized carbons (Fsp3) is 0.769. The van der Waals surface area contributed by atoms with Crippen molar-refractivity contribution in [3.8, 4) is 0 Å². The summed E-state index contributed by atoms with van der Waals surface area (Å²) in [6, 6.07) is 0. The molecule has 7 heteroatoms. The molecule has 7 nitrogen and oxygen atoms in total. The van der Waals surface area contributed by atoms with Gasteiger partial charge in [0.05, 0.1) is 12.7 Å². The van der Waals surface area contributed by atoms with Crippen molar-refractivity contribution in [1.82, 2.24) is 0 Å². The van der Waals surface area contributed by atoms with E-state index in [1.165, 1.54) is 20.8 Å². The van der Waals surface area contributed by atoms with Crippen molar-refractivity contribution in [3.63, 3.8) is 0 Å². The molecule has 0 aromatic carbocycles. The van der Waals surface area contributed by atoms with Crippen LogP contribution in [0.4, 0.5) is 0 Å². The quantitative estimate of drug-likeness (QED) is 0.522. The Bertz CT molecular complexity index is 366. The summed E-state index contributed by atoms with van der Waals surface area (Å²) in [5.41, 5.74) is 0. The minimum Gasteiger partial charge on any atom is -0.466 e. The van der Waals surface area contributed by atoms with Gasteiger partial charge in [-0.15, -0.1) is 0 Å². The summed E-state index contributed by atoms with van der Waals surface area (Å²) in [5, 5.41) is 0. The molecule has 0 spiro atoms. The first-order valence-electron chi connectivity index (χ1n) is 6.48. The van der Waals surface area contributed by atoms with E-state index in [4.69, 9.17) is 18.9 Å². The van der Waals surface area contributed by atoms with E-state index in [2.05, 4.69) is 0 Å². The first-order chi connectivity index (χ1) is 9.38. The van der Waals surface area contributed by atoms with Gasteiger partial charge in [-0.2, -0.15) is 0 Å². The molecule has 1 aliphatic heterocycles. The van der Waals surface area contributed by atoms with Gasteiger partial charge in [0.2, 0.25) is 0 Å². The third-order valence-electron chi connectivity index (χ3n) is 2.79. The SMILES string of the molecule is CC(=O)OCC[C@@H]1C[C@H](OC(C)=O)[C@@H](COC(C)=O)O1. The lowest BCUT2D eigenvalue weighted by molar-refractivity contribution is -0.155. The minimum atomic E-state index is -0.481. The molecule has 0 aromatic rings. The molecule has 0 N–H and O–H groups in total. The Morgan fingerprint density at radius 1 is 1.05 bits per heavy atom. The van der Waals surface area contributed by atoms with E-state index < -0.39 is 24.1 Å². The number of carbonyl (C=O) groups excluding carboxylic acids is 3. The van der Waals surface area contributed by atoms with Gasteiger partial charge in [-0.3, -0.25) is 14.4 Å². The zero-order chi connectivity index (χ0) is 15.1. The van der Waals surface area contributed by atoms with Crippen molar-refractivity contribution in [2.45, 2.75) is 51.9 Å². The van der Waals surface area contributed by atoms with Crippen LogP contribution in [0.5, 0.6) is 0 Å². The zero-order valence-corrected chi connectivity index (χ0v) is 11.9. The predicted octanol–water partition coefficient (Wildman–Crippen LogP) is 0.592. The van der Waals surface area contributed by atoms with Gasteiger partial charge < -0.3 is 18.9 Å². The molecular weight excluding hydrogens is 268 g/mol. The van der Waals surface area contributed by atoms with Crippen molar-refractivity contribution < 1.29 is 33.3 Å². The average Bonchev–Trinajstić information content (AvgIpc) is 2.67. The van der Waals surface area contributed by atoms with Crippen molar-refractivity contribution in [2.75, 3.05) is 13.2 Å². The van der Waals surface area contributed by atoms with Crippen molar-refractivity contribution in [3.05, 3.63) is 0 Å². The molecule has 1 fully saturated rings. The lowest BCUT2D eigenvalue weighted by Crippen LogP contribution is -2.31. The molecule has 20 heavy (non-hydrogen) atoms. The van der Waals surface area contributed by atoms with Crippen LogP contribution >= 0.6 is 0 Å². The van der Waals surface area contributed by atoms with Crippen molar-refractivity contribution in [2.24, 2.45) is 0 Å². The highest BCUT2D eigenvalue weighted by atomic mass is 16.6. The van der Waals surface area contributed by atoms with E-state index in [1.807, 2.05) is 0 Å². The van der Waals surface area contributed by atoms with E-state index >= 15 is 0 Å². The smallest absolute Gasteiger partial charge is 0.302 e. The lowest BCUT2D eigenvalue weighted by Gasteiger charge is -2.17. The number of rotatable bonds is 6. The molecule has 0 aliphatic carbocycles. The molecule has 0 amide bonds. The van der Waals surface area contributed by atoms with Crippen LogP contribution in [0.2, 0.25) is 0 Å². The van der Waals surface area contributed by atoms with Crippen LogP contribution in [0, 0.1) is 0 Å². The van der Waals surface area contributed by atoms with E-state index in [1.54, 1.807) is 0 Å². The zero-order valence-electron chi connectivity index (χ0n) is 11.9. The maximum Gasteiger partial charge on any atom is 0.302 e. The monoisotopic (exact) mass is 288 g/mol. The third kappa shape index (κ3) is 6.01. The fourth-order valence-corrected chi connectivity index (χ4v) is 2.00. The minimum absolute atomic E-state index is 0.0390. The second-order valence-electron chi connectivity index (χ2n) is 4.61. The predicted molar refractivity (Wildman–Crippen MR) is 66.7 cm³/mol. The molecule has 1 rings (SSSR count). The van der Waals surface area contributed by atoms with Gasteiger partial charge in [0.15, 0.2) is 0 Å². The Morgan fingerprint density at radius 2 is 1.70 bits per heavy atom. The molecule has 0 radical (unpaired) electrons. The highest BCUT2D eigenvalue weighted by Crippen LogP contribution is 2.26. The number of hydrogen-bond acceptors (Lipinski definition) is 7. The maximum atomic E-state index is 11.0. The molecule has 1 saturated heterocycles. The lowest BCUT2D eigenvalue weighted by atomic mass is 10.1. The van der Waals surface area contributed by atoms with Gasteiger partial charge in [0.25, 0.3) is 0 Å². The van der Waals surface area contributed by atoms with E-state index in [0.29, 0.717) is 12.8 Å². The van der Waals surface area contributed by atoms with E-state index in [9.17, 15) is 14.4 Å². The Hall–Kier alpha value is -1.63. The van der Waals surface area contributed by atoms with Crippen LogP contribution in [0.15, 0.2) is 0 Å². The van der Waals surface area contributed by atoms with E-state index in [-0.39, 0.29) is 25.3 Å². The topological polar surface area (TPSA) is 88.1 Å². The molecule has 3 atom stereocenters. The largest absolute Gasteiger partial charge is 0.466 e.